The van der Waals surface area contributed by atoms with Crippen molar-refractivity contribution in [2.24, 2.45) is 0 Å². The molecule has 0 spiro atoms. The molecule has 1 nitrogen and oxygen atoms in total. The monoisotopic (exact) mass is 328 g/mol. The van der Waals surface area contributed by atoms with E-state index in [2.05, 4.69) is 68.1 Å². The van der Waals surface area contributed by atoms with Gasteiger partial charge in [0, 0.05) is 0 Å². The molecular weight excluding hydrogens is 304 g/mol. The van der Waals surface area contributed by atoms with Gasteiger partial charge in [-0.3, -0.25) is 0 Å². The SMILES string of the molecule is C=C(c1ccccc1)c1c(CC)cccc1Cc1ccc(OC)cc1. The fourth-order valence-electron chi connectivity index (χ4n) is 3.23. The summed E-state index contributed by atoms with van der Waals surface area (Å²) >= 11 is 0. The maximum absolute atomic E-state index is 5.26. The number of hydrogen-bond acceptors (Lipinski definition) is 1. The fourth-order valence-corrected chi connectivity index (χ4v) is 3.23. The second kappa shape index (κ2) is 7.85. The second-order valence-corrected chi connectivity index (χ2v) is 6.17. The van der Waals surface area contributed by atoms with Gasteiger partial charge < -0.3 is 4.74 Å². The summed E-state index contributed by atoms with van der Waals surface area (Å²) in [5.41, 5.74) is 7.50. The predicted octanol–water partition coefficient (Wildman–Crippen LogP) is 5.91. The summed E-state index contributed by atoms with van der Waals surface area (Å²) in [4.78, 5) is 0. The lowest BCUT2D eigenvalue weighted by molar-refractivity contribution is 0.414. The molecule has 0 amide bonds. The van der Waals surface area contributed by atoms with Crippen LogP contribution in [0.3, 0.4) is 0 Å². The molecule has 0 aliphatic heterocycles. The maximum Gasteiger partial charge on any atom is 0.118 e. The van der Waals surface area contributed by atoms with Crippen LogP contribution in [0.5, 0.6) is 5.75 Å². The maximum atomic E-state index is 5.26. The molecule has 0 aliphatic rings. The van der Waals surface area contributed by atoms with E-state index in [4.69, 9.17) is 4.74 Å². The van der Waals surface area contributed by atoms with Gasteiger partial charge >= 0.3 is 0 Å². The van der Waals surface area contributed by atoms with Crippen LogP contribution < -0.4 is 4.74 Å². The van der Waals surface area contributed by atoms with Gasteiger partial charge in [-0.05, 0) is 58.4 Å². The summed E-state index contributed by atoms with van der Waals surface area (Å²) in [5, 5.41) is 0. The molecule has 0 unspecified atom stereocenters. The number of rotatable bonds is 6. The minimum Gasteiger partial charge on any atom is -0.497 e. The molecule has 0 N–H and O–H groups in total. The van der Waals surface area contributed by atoms with Gasteiger partial charge in [-0.2, -0.15) is 0 Å². The normalized spacial score (nSPS) is 10.5. The Labute approximate surface area is 150 Å². The number of benzene rings is 3. The van der Waals surface area contributed by atoms with E-state index in [1.54, 1.807) is 7.11 Å². The average molecular weight is 328 g/mol. The third kappa shape index (κ3) is 3.83. The minimum atomic E-state index is 0.888. The van der Waals surface area contributed by atoms with Crippen molar-refractivity contribution in [2.75, 3.05) is 7.11 Å². The van der Waals surface area contributed by atoms with E-state index in [1.165, 1.54) is 27.8 Å². The molecule has 0 saturated heterocycles. The number of methoxy groups -OCH3 is 1. The molecule has 3 aromatic carbocycles. The molecule has 0 heterocycles. The summed E-state index contributed by atoms with van der Waals surface area (Å²) in [7, 11) is 1.70. The van der Waals surface area contributed by atoms with Gasteiger partial charge in [-0.25, -0.2) is 0 Å². The Morgan fingerprint density at radius 3 is 2.16 bits per heavy atom. The number of hydrogen-bond donors (Lipinski definition) is 0. The largest absolute Gasteiger partial charge is 0.497 e. The Morgan fingerprint density at radius 1 is 0.840 bits per heavy atom. The Hall–Kier alpha value is -2.80. The third-order valence-corrected chi connectivity index (χ3v) is 4.60. The molecule has 0 fully saturated rings. The number of aryl methyl sites for hydroxylation is 1. The van der Waals surface area contributed by atoms with Crippen molar-refractivity contribution in [3.63, 3.8) is 0 Å². The van der Waals surface area contributed by atoms with Crippen LogP contribution in [0.4, 0.5) is 0 Å². The average Bonchev–Trinajstić information content (AvgIpc) is 2.68. The van der Waals surface area contributed by atoms with Crippen LogP contribution in [0.2, 0.25) is 0 Å². The first kappa shape index (κ1) is 17.0. The first-order valence-corrected chi connectivity index (χ1v) is 8.71. The molecule has 0 atom stereocenters. The van der Waals surface area contributed by atoms with Crippen LogP contribution >= 0.6 is 0 Å². The molecule has 3 aromatic rings. The fraction of sp³-hybridized carbons (Fsp3) is 0.167. The summed E-state index contributed by atoms with van der Waals surface area (Å²) in [5.74, 6) is 0.889. The van der Waals surface area contributed by atoms with Gasteiger partial charge in [0.25, 0.3) is 0 Å². The molecule has 0 aromatic heterocycles. The molecule has 0 radical (unpaired) electrons. The molecule has 0 aliphatic carbocycles. The van der Waals surface area contributed by atoms with E-state index in [-0.39, 0.29) is 0 Å². The lowest BCUT2D eigenvalue weighted by atomic mass is 9.87. The van der Waals surface area contributed by atoms with Crippen molar-refractivity contribution in [1.29, 1.82) is 0 Å². The Balaban J connectivity index is 2.00. The first-order valence-electron chi connectivity index (χ1n) is 8.71. The van der Waals surface area contributed by atoms with Gasteiger partial charge in [0.15, 0.2) is 0 Å². The highest BCUT2D eigenvalue weighted by Crippen LogP contribution is 2.30. The predicted molar refractivity (Wildman–Crippen MR) is 106 cm³/mol. The van der Waals surface area contributed by atoms with Gasteiger partial charge in [0.1, 0.15) is 5.75 Å². The Morgan fingerprint density at radius 2 is 1.52 bits per heavy atom. The molecule has 0 bridgehead atoms. The van der Waals surface area contributed by atoms with Gasteiger partial charge in [0.2, 0.25) is 0 Å². The van der Waals surface area contributed by atoms with E-state index in [9.17, 15) is 0 Å². The van der Waals surface area contributed by atoms with Crippen LogP contribution in [0.15, 0.2) is 79.4 Å². The third-order valence-electron chi connectivity index (χ3n) is 4.60. The van der Waals surface area contributed by atoms with Gasteiger partial charge in [-0.15, -0.1) is 0 Å². The molecular formula is C24H24O. The zero-order valence-corrected chi connectivity index (χ0v) is 15.0. The standard InChI is InChI=1S/C24H24O/c1-4-20-11-8-12-22(17-19-13-15-23(25-3)16-14-19)24(20)18(2)21-9-6-5-7-10-21/h5-16H,2,4,17H2,1,3H3. The van der Waals surface area contributed by atoms with Crippen molar-refractivity contribution in [2.45, 2.75) is 19.8 Å². The van der Waals surface area contributed by atoms with Crippen LogP contribution in [-0.4, -0.2) is 7.11 Å². The second-order valence-electron chi connectivity index (χ2n) is 6.17. The minimum absolute atomic E-state index is 0.888. The first-order chi connectivity index (χ1) is 12.2. The van der Waals surface area contributed by atoms with E-state index in [1.807, 2.05) is 18.2 Å². The Bertz CT molecular complexity index is 845. The van der Waals surface area contributed by atoms with Crippen LogP contribution in [-0.2, 0) is 12.8 Å². The molecule has 25 heavy (non-hydrogen) atoms. The van der Waals surface area contributed by atoms with Crippen molar-refractivity contribution >= 4 is 5.57 Å². The lowest BCUT2D eigenvalue weighted by Gasteiger charge is -2.17. The summed E-state index contributed by atoms with van der Waals surface area (Å²) in [6.45, 7) is 6.62. The van der Waals surface area contributed by atoms with Crippen molar-refractivity contribution in [3.05, 3.63) is 107 Å². The van der Waals surface area contributed by atoms with Crippen molar-refractivity contribution in [3.8, 4) is 5.75 Å². The lowest BCUT2D eigenvalue weighted by Crippen LogP contribution is -2.01. The highest BCUT2D eigenvalue weighted by Gasteiger charge is 2.12. The quantitative estimate of drug-likeness (QED) is 0.546. The van der Waals surface area contributed by atoms with Crippen LogP contribution in [0.25, 0.3) is 5.57 Å². The highest BCUT2D eigenvalue weighted by molar-refractivity contribution is 5.81. The van der Waals surface area contributed by atoms with E-state index in [0.717, 1.165) is 24.2 Å². The summed E-state index contributed by atoms with van der Waals surface area (Å²) in [6, 6.07) is 25.3. The van der Waals surface area contributed by atoms with Gasteiger partial charge in [-0.1, -0.05) is 74.2 Å². The molecule has 126 valence electrons. The molecule has 0 saturated carbocycles. The highest BCUT2D eigenvalue weighted by atomic mass is 16.5. The Kier molecular flexibility index (Phi) is 5.35. The molecule has 1 heteroatoms. The van der Waals surface area contributed by atoms with E-state index in [0.29, 0.717) is 0 Å². The summed E-state index contributed by atoms with van der Waals surface area (Å²) < 4.78 is 5.26. The van der Waals surface area contributed by atoms with E-state index < -0.39 is 0 Å². The molecule has 3 rings (SSSR count). The van der Waals surface area contributed by atoms with Crippen LogP contribution in [0.1, 0.15) is 34.7 Å². The number of ether oxygens (including phenoxy) is 1. The van der Waals surface area contributed by atoms with E-state index >= 15 is 0 Å². The zero-order valence-electron chi connectivity index (χ0n) is 15.0. The van der Waals surface area contributed by atoms with Crippen molar-refractivity contribution in [1.82, 2.24) is 0 Å². The smallest absolute Gasteiger partial charge is 0.118 e. The van der Waals surface area contributed by atoms with Crippen LogP contribution in [0, 0.1) is 0 Å². The van der Waals surface area contributed by atoms with Gasteiger partial charge in [0.05, 0.1) is 7.11 Å². The zero-order chi connectivity index (χ0) is 17.6. The summed E-state index contributed by atoms with van der Waals surface area (Å²) in [6.07, 6.45) is 1.89. The van der Waals surface area contributed by atoms with Crippen molar-refractivity contribution < 1.29 is 4.74 Å². The topological polar surface area (TPSA) is 9.23 Å².